The van der Waals surface area contributed by atoms with Gasteiger partial charge >= 0.3 is 0 Å². The lowest BCUT2D eigenvalue weighted by Gasteiger charge is -2.40. The van der Waals surface area contributed by atoms with Crippen LogP contribution in [-0.4, -0.2) is 54.3 Å². The average molecular weight is 212 g/mol. The summed E-state index contributed by atoms with van der Waals surface area (Å²) in [4.78, 5) is 44.7. The topological polar surface area (TPSA) is 92.3 Å². The van der Waals surface area contributed by atoms with Crippen LogP contribution in [0.4, 0.5) is 0 Å². The lowest BCUT2D eigenvalue weighted by Crippen LogP contribution is -2.70. The van der Waals surface area contributed by atoms with Crippen LogP contribution in [0.2, 0.25) is 0 Å². The molecule has 0 aromatic carbocycles. The van der Waals surface area contributed by atoms with Gasteiger partial charge in [0, 0.05) is 0 Å². The molecule has 0 radical (unpaired) electrons. The van der Waals surface area contributed by atoms with Crippen LogP contribution >= 0.6 is 0 Å². The third-order valence-corrected chi connectivity index (χ3v) is 2.47. The van der Waals surface area contributed by atoms with Crippen LogP contribution in [0.25, 0.3) is 0 Å². The van der Waals surface area contributed by atoms with Crippen molar-refractivity contribution in [3.05, 3.63) is 0 Å². The average Bonchev–Trinajstić information content (AvgIpc) is 1.96. The molecule has 7 heteroatoms. The molecule has 2 saturated heterocycles. The summed E-state index contributed by atoms with van der Waals surface area (Å²) in [5, 5.41) is 4.29. The highest BCUT2D eigenvalue weighted by Crippen LogP contribution is 2.12. The summed E-state index contributed by atoms with van der Waals surface area (Å²) in [6, 6.07) is 0. The van der Waals surface area contributed by atoms with Crippen molar-refractivity contribution in [3.63, 3.8) is 0 Å². The molecule has 2 aliphatic heterocycles. The lowest BCUT2D eigenvalue weighted by atomic mass is 10.2. The number of imide groups is 2. The molecular weight excluding hydrogens is 202 g/mol. The van der Waals surface area contributed by atoms with Gasteiger partial charge in [0.25, 0.3) is 23.6 Å². The normalized spacial score (nSPS) is 25.1. The lowest BCUT2D eigenvalue weighted by molar-refractivity contribution is -0.901. The molecule has 2 fully saturated rings. The van der Waals surface area contributed by atoms with E-state index in [0.717, 1.165) is 0 Å². The highest BCUT2D eigenvalue weighted by Gasteiger charge is 2.44. The number of hydrogen-bond donors (Lipinski definition) is 2. The number of nitrogens with zero attached hydrogens (tertiary/aromatic N) is 1. The Kier molecular flexibility index (Phi) is 2.04. The van der Waals surface area contributed by atoms with E-state index < -0.39 is 23.6 Å². The molecule has 7 nitrogen and oxygen atoms in total. The molecular formula is C8H10N3O4+. The van der Waals surface area contributed by atoms with Crippen LogP contribution in [-0.2, 0) is 19.2 Å². The van der Waals surface area contributed by atoms with E-state index in [9.17, 15) is 19.2 Å². The number of nitrogens with one attached hydrogen (secondary N) is 2. The van der Waals surface area contributed by atoms with E-state index in [-0.39, 0.29) is 30.7 Å². The van der Waals surface area contributed by atoms with Crippen molar-refractivity contribution in [2.75, 3.05) is 26.2 Å². The summed E-state index contributed by atoms with van der Waals surface area (Å²) < 4.78 is -0.0741. The van der Waals surface area contributed by atoms with Gasteiger partial charge < -0.3 is 0 Å². The van der Waals surface area contributed by atoms with E-state index in [0.29, 0.717) is 0 Å². The van der Waals surface area contributed by atoms with Gasteiger partial charge in [-0.3, -0.25) is 34.3 Å². The van der Waals surface area contributed by atoms with Crippen molar-refractivity contribution in [2.45, 2.75) is 0 Å². The molecule has 0 aliphatic carbocycles. The largest absolute Gasteiger partial charge is 0.292 e. The Morgan fingerprint density at radius 2 is 0.933 bits per heavy atom. The van der Waals surface area contributed by atoms with Gasteiger partial charge in [-0.05, 0) is 0 Å². The fourth-order valence-corrected chi connectivity index (χ4v) is 2.02. The second kappa shape index (κ2) is 3.13. The van der Waals surface area contributed by atoms with E-state index in [1.54, 1.807) is 0 Å². The summed E-state index contributed by atoms with van der Waals surface area (Å²) >= 11 is 0. The Bertz CT molecular complexity index is 305. The Balaban J connectivity index is 2.24. The first-order valence-corrected chi connectivity index (χ1v) is 4.50. The van der Waals surface area contributed by atoms with E-state index in [1.807, 2.05) is 0 Å². The maximum atomic E-state index is 11.2. The number of carbonyl (C=O) groups excluding carboxylic acids is 4. The number of quaternary nitrogens is 1. The number of carbonyl (C=O) groups is 4. The SMILES string of the molecule is O=C1C[N+]2(CC(=O)N1)CC(=O)NC(=O)C2. The first-order chi connectivity index (χ1) is 6.99. The second-order valence-corrected chi connectivity index (χ2v) is 3.92. The van der Waals surface area contributed by atoms with E-state index >= 15 is 0 Å². The molecule has 15 heavy (non-hydrogen) atoms. The molecule has 0 atom stereocenters. The Labute approximate surface area is 85.0 Å². The molecule has 0 bridgehead atoms. The molecule has 2 heterocycles. The molecule has 2 aliphatic rings. The van der Waals surface area contributed by atoms with Crippen LogP contribution < -0.4 is 10.6 Å². The minimum Gasteiger partial charge on any atom is -0.292 e. The summed E-state index contributed by atoms with van der Waals surface area (Å²) in [5.41, 5.74) is 0. The van der Waals surface area contributed by atoms with E-state index in [2.05, 4.69) is 10.6 Å². The van der Waals surface area contributed by atoms with Crippen molar-refractivity contribution in [3.8, 4) is 0 Å². The van der Waals surface area contributed by atoms with Crippen LogP contribution in [0.15, 0.2) is 0 Å². The maximum Gasteiger partial charge on any atom is 0.282 e. The van der Waals surface area contributed by atoms with Crippen molar-refractivity contribution < 1.29 is 23.7 Å². The monoisotopic (exact) mass is 212 g/mol. The minimum absolute atomic E-state index is 0.00486. The molecule has 80 valence electrons. The highest BCUT2D eigenvalue weighted by molar-refractivity contribution is 6.01. The van der Waals surface area contributed by atoms with Gasteiger partial charge in [0.05, 0.1) is 0 Å². The number of piperazine rings is 2. The predicted molar refractivity (Wildman–Crippen MR) is 46.0 cm³/mol. The number of amides is 4. The second-order valence-electron chi connectivity index (χ2n) is 3.92. The Morgan fingerprint density at radius 3 is 1.20 bits per heavy atom. The first kappa shape index (κ1) is 9.78. The third-order valence-electron chi connectivity index (χ3n) is 2.47. The van der Waals surface area contributed by atoms with Gasteiger partial charge in [-0.2, -0.15) is 0 Å². The summed E-state index contributed by atoms with van der Waals surface area (Å²) in [6.07, 6.45) is 0. The highest BCUT2D eigenvalue weighted by atomic mass is 16.2. The minimum atomic E-state index is -0.436. The Hall–Kier alpha value is -1.76. The van der Waals surface area contributed by atoms with Crippen LogP contribution in [0.5, 0.6) is 0 Å². The van der Waals surface area contributed by atoms with Crippen molar-refractivity contribution in [1.82, 2.24) is 10.6 Å². The molecule has 0 unspecified atom stereocenters. The summed E-state index contributed by atoms with van der Waals surface area (Å²) in [6.45, 7) is 0.0194. The third kappa shape index (κ3) is 1.86. The van der Waals surface area contributed by atoms with Gasteiger partial charge in [-0.1, -0.05) is 0 Å². The molecule has 2 N–H and O–H groups in total. The smallest absolute Gasteiger partial charge is 0.282 e. The summed E-state index contributed by atoms with van der Waals surface area (Å²) in [7, 11) is 0. The van der Waals surface area contributed by atoms with Gasteiger partial charge in [-0.25, -0.2) is 0 Å². The summed E-state index contributed by atoms with van der Waals surface area (Å²) in [5.74, 6) is -1.75. The molecule has 0 saturated carbocycles. The van der Waals surface area contributed by atoms with Crippen molar-refractivity contribution in [1.29, 1.82) is 0 Å². The van der Waals surface area contributed by atoms with Crippen molar-refractivity contribution in [2.24, 2.45) is 0 Å². The fraction of sp³-hybridized carbons (Fsp3) is 0.500. The zero-order valence-electron chi connectivity index (χ0n) is 7.91. The van der Waals surface area contributed by atoms with Crippen LogP contribution in [0, 0.1) is 0 Å². The Morgan fingerprint density at radius 1 is 0.667 bits per heavy atom. The number of hydrogen-bond acceptors (Lipinski definition) is 4. The van der Waals surface area contributed by atoms with E-state index in [4.69, 9.17) is 0 Å². The van der Waals surface area contributed by atoms with Crippen molar-refractivity contribution >= 4 is 23.6 Å². The zero-order valence-corrected chi connectivity index (χ0v) is 7.91. The van der Waals surface area contributed by atoms with Crippen LogP contribution in [0.3, 0.4) is 0 Å². The van der Waals surface area contributed by atoms with Gasteiger partial charge in [-0.15, -0.1) is 0 Å². The van der Waals surface area contributed by atoms with E-state index in [1.165, 1.54) is 0 Å². The molecule has 0 aromatic rings. The number of rotatable bonds is 0. The standard InChI is InChI=1S/C8H9N3O4/c12-5-1-11(2-6(13)9-5)3-7(14)10-8(15)4-11/h1-4H2,(H-,9,10,12,13,14,15)/p+1. The van der Waals surface area contributed by atoms with Crippen LogP contribution in [0.1, 0.15) is 0 Å². The van der Waals surface area contributed by atoms with Gasteiger partial charge in [0.15, 0.2) is 26.2 Å². The molecule has 4 amide bonds. The maximum absolute atomic E-state index is 11.2. The molecule has 1 spiro atoms. The first-order valence-electron chi connectivity index (χ1n) is 4.50. The molecule has 0 aromatic heterocycles. The molecule has 2 rings (SSSR count). The predicted octanol–water partition coefficient (Wildman–Crippen LogP) is -2.88. The quantitative estimate of drug-likeness (QED) is 0.333. The van der Waals surface area contributed by atoms with Gasteiger partial charge in [0.1, 0.15) is 0 Å². The zero-order chi connectivity index (χ0) is 11.1. The fourth-order valence-electron chi connectivity index (χ4n) is 2.02. The van der Waals surface area contributed by atoms with Gasteiger partial charge in [0.2, 0.25) is 0 Å².